The van der Waals surface area contributed by atoms with E-state index in [1.807, 2.05) is 56.4 Å². The van der Waals surface area contributed by atoms with Gasteiger partial charge in [0.2, 0.25) is 5.91 Å². The number of carbonyl (C=O) groups excluding carboxylic acids is 1. The minimum Gasteiger partial charge on any atom is -0.345 e. The average Bonchev–Trinajstić information content (AvgIpc) is 2.93. The Balaban J connectivity index is 1.66. The van der Waals surface area contributed by atoms with E-state index in [2.05, 4.69) is 32.6 Å². The molecule has 0 bridgehead atoms. The van der Waals surface area contributed by atoms with Crippen molar-refractivity contribution in [1.29, 1.82) is 0 Å². The molecule has 1 aliphatic heterocycles. The van der Waals surface area contributed by atoms with Crippen molar-refractivity contribution in [3.63, 3.8) is 0 Å². The third kappa shape index (κ3) is 3.83. The van der Waals surface area contributed by atoms with Crippen LogP contribution in [0.1, 0.15) is 12.5 Å². The van der Waals surface area contributed by atoms with Crippen LogP contribution in [0.3, 0.4) is 0 Å². The molecule has 6 heteroatoms. The molecule has 2 aromatic rings. The molecule has 3 rings (SSSR count). The van der Waals surface area contributed by atoms with E-state index < -0.39 is 0 Å². The van der Waals surface area contributed by atoms with Crippen molar-refractivity contribution >= 4 is 40.4 Å². The maximum atomic E-state index is 11.4. The van der Waals surface area contributed by atoms with E-state index in [9.17, 15) is 4.79 Å². The third-order valence-corrected chi connectivity index (χ3v) is 4.64. The molecule has 1 amide bonds. The van der Waals surface area contributed by atoms with Gasteiger partial charge >= 0.3 is 0 Å². The van der Waals surface area contributed by atoms with Crippen molar-refractivity contribution in [2.45, 2.75) is 12.2 Å². The summed E-state index contributed by atoms with van der Waals surface area (Å²) in [5, 5.41) is 11.2. The van der Waals surface area contributed by atoms with Crippen LogP contribution < -0.4 is 10.2 Å². The molecule has 1 aliphatic rings. The molecular formula is C18H18N4OS. The number of hydrogen-bond donors (Lipinski definition) is 1. The van der Waals surface area contributed by atoms with Crippen LogP contribution >= 0.6 is 11.8 Å². The number of amidine groups is 1. The van der Waals surface area contributed by atoms with Gasteiger partial charge in [0.25, 0.3) is 0 Å². The number of nitrogens with zero attached hydrogens (tertiary/aromatic N) is 3. The molecule has 1 fully saturated rings. The number of rotatable bonds is 4. The molecule has 0 saturated carbocycles. The molecule has 1 heterocycles. The van der Waals surface area contributed by atoms with Gasteiger partial charge in [-0.1, -0.05) is 42.1 Å². The first-order valence-electron chi connectivity index (χ1n) is 7.61. The predicted octanol–water partition coefficient (Wildman–Crippen LogP) is 3.40. The summed E-state index contributed by atoms with van der Waals surface area (Å²) in [6.07, 6.45) is 1.68. The fourth-order valence-electron chi connectivity index (χ4n) is 2.24. The van der Waals surface area contributed by atoms with Crippen LogP contribution in [-0.2, 0) is 4.79 Å². The molecule has 0 radical (unpaired) electrons. The fraction of sp³-hybridized carbons (Fsp3) is 0.167. The quantitative estimate of drug-likeness (QED) is 0.687. The van der Waals surface area contributed by atoms with Crippen LogP contribution in [0.15, 0.2) is 64.8 Å². The molecule has 5 nitrogen and oxygen atoms in total. The SMILES string of the molecule is CC1S/C(=N\N=C\c2ccc(N(C)c3ccccc3)cc2)NC1=O. The monoisotopic (exact) mass is 338 g/mol. The van der Waals surface area contributed by atoms with Crippen LogP contribution in [-0.4, -0.2) is 29.6 Å². The van der Waals surface area contributed by atoms with E-state index in [-0.39, 0.29) is 11.2 Å². The summed E-state index contributed by atoms with van der Waals surface area (Å²) in [4.78, 5) is 13.5. The minimum atomic E-state index is -0.105. The first kappa shape index (κ1) is 16.3. The summed E-state index contributed by atoms with van der Waals surface area (Å²) >= 11 is 1.38. The topological polar surface area (TPSA) is 57.1 Å². The standard InChI is InChI=1S/C18H18N4OS/c1-13-17(23)20-18(24-13)21-19-12-14-8-10-16(11-9-14)22(2)15-6-4-3-5-7-15/h3-13H,1-2H3,(H,20,21,23)/b19-12+. The van der Waals surface area contributed by atoms with E-state index in [0.29, 0.717) is 5.17 Å². The molecule has 1 saturated heterocycles. The summed E-state index contributed by atoms with van der Waals surface area (Å²) < 4.78 is 0. The van der Waals surface area contributed by atoms with E-state index in [0.717, 1.165) is 16.9 Å². The van der Waals surface area contributed by atoms with E-state index >= 15 is 0 Å². The highest BCUT2D eigenvalue weighted by Crippen LogP contribution is 2.23. The molecule has 24 heavy (non-hydrogen) atoms. The highest BCUT2D eigenvalue weighted by Gasteiger charge is 2.25. The zero-order chi connectivity index (χ0) is 16.9. The van der Waals surface area contributed by atoms with Crippen molar-refractivity contribution in [3.8, 4) is 0 Å². The van der Waals surface area contributed by atoms with Gasteiger partial charge in [-0.05, 0) is 36.8 Å². The van der Waals surface area contributed by atoms with Gasteiger partial charge in [-0.2, -0.15) is 5.10 Å². The molecule has 122 valence electrons. The minimum absolute atomic E-state index is 0.0257. The normalized spacial score (nSPS) is 19.0. The summed E-state index contributed by atoms with van der Waals surface area (Å²) in [5.74, 6) is -0.0257. The van der Waals surface area contributed by atoms with Crippen LogP contribution in [0.4, 0.5) is 11.4 Å². The second-order valence-electron chi connectivity index (χ2n) is 5.39. The largest absolute Gasteiger partial charge is 0.345 e. The summed E-state index contributed by atoms with van der Waals surface area (Å²) in [5.41, 5.74) is 3.18. The van der Waals surface area contributed by atoms with Gasteiger partial charge in [0.1, 0.15) is 0 Å². The van der Waals surface area contributed by atoms with Gasteiger partial charge in [-0.25, -0.2) is 0 Å². The number of amides is 1. The molecule has 0 aliphatic carbocycles. The molecule has 0 aromatic heterocycles. The molecular weight excluding hydrogens is 320 g/mol. The Morgan fingerprint density at radius 3 is 2.38 bits per heavy atom. The van der Waals surface area contributed by atoms with Gasteiger partial charge < -0.3 is 10.2 Å². The summed E-state index contributed by atoms with van der Waals surface area (Å²) in [6.45, 7) is 1.84. The number of anilines is 2. The van der Waals surface area contributed by atoms with E-state index in [1.165, 1.54) is 11.8 Å². The van der Waals surface area contributed by atoms with Crippen LogP contribution in [0.2, 0.25) is 0 Å². The lowest BCUT2D eigenvalue weighted by molar-refractivity contribution is -0.118. The molecule has 1 atom stereocenters. The summed E-state index contributed by atoms with van der Waals surface area (Å²) in [7, 11) is 2.03. The molecule has 1 N–H and O–H groups in total. The van der Waals surface area contributed by atoms with Crippen molar-refractivity contribution in [3.05, 3.63) is 60.2 Å². The number of benzene rings is 2. The van der Waals surface area contributed by atoms with Gasteiger partial charge in [0.05, 0.1) is 11.5 Å². The molecule has 1 unspecified atom stereocenters. The van der Waals surface area contributed by atoms with E-state index in [4.69, 9.17) is 0 Å². The highest BCUT2D eigenvalue weighted by molar-refractivity contribution is 8.15. The van der Waals surface area contributed by atoms with E-state index in [1.54, 1.807) is 6.21 Å². The Morgan fingerprint density at radius 2 is 1.75 bits per heavy atom. The van der Waals surface area contributed by atoms with Gasteiger partial charge in [-0.3, -0.25) is 4.79 Å². The lowest BCUT2D eigenvalue weighted by Crippen LogP contribution is -2.23. The number of hydrogen-bond acceptors (Lipinski definition) is 5. The first-order chi connectivity index (χ1) is 11.6. The van der Waals surface area contributed by atoms with Gasteiger partial charge in [0, 0.05) is 18.4 Å². The number of carbonyl (C=O) groups is 1. The summed E-state index contributed by atoms with van der Waals surface area (Å²) in [6, 6.07) is 18.2. The van der Waals surface area contributed by atoms with Crippen LogP contribution in [0.25, 0.3) is 0 Å². The zero-order valence-corrected chi connectivity index (χ0v) is 14.3. The maximum absolute atomic E-state index is 11.4. The van der Waals surface area contributed by atoms with Gasteiger partial charge in [-0.15, -0.1) is 5.10 Å². The second kappa shape index (κ2) is 7.31. The Bertz CT molecular complexity index is 771. The first-order valence-corrected chi connectivity index (χ1v) is 8.49. The molecule has 2 aromatic carbocycles. The Morgan fingerprint density at radius 1 is 1.08 bits per heavy atom. The number of thioether (sulfide) groups is 1. The lowest BCUT2D eigenvalue weighted by Gasteiger charge is -2.19. The zero-order valence-electron chi connectivity index (χ0n) is 13.5. The predicted molar refractivity (Wildman–Crippen MR) is 101 cm³/mol. The van der Waals surface area contributed by atoms with Gasteiger partial charge in [0.15, 0.2) is 5.17 Å². The Labute approximate surface area is 145 Å². The third-order valence-electron chi connectivity index (χ3n) is 3.67. The molecule has 0 spiro atoms. The van der Waals surface area contributed by atoms with Crippen molar-refractivity contribution < 1.29 is 4.79 Å². The number of para-hydroxylation sites is 1. The van der Waals surface area contributed by atoms with Crippen molar-refractivity contribution in [2.24, 2.45) is 10.2 Å². The maximum Gasteiger partial charge on any atom is 0.239 e. The number of nitrogens with one attached hydrogen (secondary N) is 1. The smallest absolute Gasteiger partial charge is 0.239 e. The van der Waals surface area contributed by atoms with Crippen molar-refractivity contribution in [2.75, 3.05) is 11.9 Å². The van der Waals surface area contributed by atoms with Crippen LogP contribution in [0, 0.1) is 0 Å². The van der Waals surface area contributed by atoms with Crippen molar-refractivity contribution in [1.82, 2.24) is 5.32 Å². The highest BCUT2D eigenvalue weighted by atomic mass is 32.2. The Hall–Kier alpha value is -2.60. The van der Waals surface area contributed by atoms with Crippen LogP contribution in [0.5, 0.6) is 0 Å². The average molecular weight is 338 g/mol. The Kier molecular flexibility index (Phi) is 4.96. The second-order valence-corrected chi connectivity index (χ2v) is 6.71. The fourth-order valence-corrected chi connectivity index (χ4v) is 2.99. The lowest BCUT2D eigenvalue weighted by atomic mass is 10.2.